The number of carbonyl (C=O) groups is 1. The van der Waals surface area contributed by atoms with Gasteiger partial charge < -0.3 is 0 Å². The van der Waals surface area contributed by atoms with Gasteiger partial charge in [-0.25, -0.2) is 0 Å². The smallest absolute Gasteiger partial charge is 0.235 e. The van der Waals surface area contributed by atoms with E-state index in [0.717, 1.165) is 12.3 Å². The summed E-state index contributed by atoms with van der Waals surface area (Å²) in [6, 6.07) is 0. The Morgan fingerprint density at radius 3 is 2.78 bits per heavy atom. The first kappa shape index (κ1) is 6.55. The summed E-state index contributed by atoms with van der Waals surface area (Å²) >= 11 is 0. The minimum absolute atomic E-state index is 0.151. The zero-order valence-electron chi connectivity index (χ0n) is 5.31. The standard InChI is InChI=1S/C6H11N2O/c7-8-6(9)4-3-5-1-2-5/h5,7H,1-4H2,(H,8,9). The Morgan fingerprint density at radius 2 is 2.33 bits per heavy atom. The molecule has 0 spiro atoms. The van der Waals surface area contributed by atoms with Crippen molar-refractivity contribution < 1.29 is 4.79 Å². The fraction of sp³-hybridized carbons (Fsp3) is 0.833. The third-order valence-corrected chi connectivity index (χ3v) is 1.62. The van der Waals surface area contributed by atoms with Crippen molar-refractivity contribution in [1.29, 1.82) is 0 Å². The summed E-state index contributed by atoms with van der Waals surface area (Å²) in [4.78, 5) is 10.4. The van der Waals surface area contributed by atoms with Crippen LogP contribution in [-0.4, -0.2) is 5.91 Å². The van der Waals surface area contributed by atoms with E-state index < -0.39 is 0 Å². The maximum atomic E-state index is 10.4. The van der Waals surface area contributed by atoms with Crippen LogP contribution < -0.4 is 11.3 Å². The number of carbonyl (C=O) groups excluding carboxylic acids is 1. The molecule has 2 N–H and O–H groups in total. The molecule has 0 heterocycles. The Morgan fingerprint density at radius 1 is 1.67 bits per heavy atom. The average molecular weight is 127 g/mol. The van der Waals surface area contributed by atoms with Gasteiger partial charge in [0.25, 0.3) is 0 Å². The zero-order chi connectivity index (χ0) is 6.69. The number of hydrogen-bond donors (Lipinski definition) is 1. The van der Waals surface area contributed by atoms with Crippen LogP contribution in [-0.2, 0) is 4.79 Å². The number of rotatable bonds is 3. The molecule has 0 aromatic heterocycles. The third kappa shape index (κ3) is 2.46. The average Bonchev–Trinajstić information content (AvgIpc) is 2.65. The number of nitrogens with one attached hydrogen (secondary N) is 2. The minimum atomic E-state index is -0.151. The molecule has 0 atom stereocenters. The second-order valence-corrected chi connectivity index (χ2v) is 2.53. The molecular weight excluding hydrogens is 116 g/mol. The summed E-state index contributed by atoms with van der Waals surface area (Å²) in [6.45, 7) is 0. The highest BCUT2D eigenvalue weighted by molar-refractivity contribution is 5.75. The van der Waals surface area contributed by atoms with E-state index >= 15 is 0 Å². The molecule has 0 aromatic carbocycles. The van der Waals surface area contributed by atoms with Crippen LogP contribution in [0.25, 0.3) is 0 Å². The molecule has 1 saturated carbocycles. The fourth-order valence-electron chi connectivity index (χ4n) is 0.804. The second-order valence-electron chi connectivity index (χ2n) is 2.53. The van der Waals surface area contributed by atoms with Crippen molar-refractivity contribution in [1.82, 2.24) is 11.3 Å². The first-order chi connectivity index (χ1) is 4.33. The van der Waals surface area contributed by atoms with Crippen LogP contribution in [0.4, 0.5) is 0 Å². The summed E-state index contributed by atoms with van der Waals surface area (Å²) in [5, 5.41) is 0. The second kappa shape index (κ2) is 2.82. The van der Waals surface area contributed by atoms with E-state index in [4.69, 9.17) is 5.84 Å². The Kier molecular flexibility index (Phi) is 2.05. The Balaban J connectivity index is 1.96. The topological polar surface area (TPSA) is 52.9 Å². The molecule has 0 aromatic rings. The molecule has 0 saturated heterocycles. The maximum absolute atomic E-state index is 10.4. The first-order valence-electron chi connectivity index (χ1n) is 3.28. The fourth-order valence-corrected chi connectivity index (χ4v) is 0.804. The van der Waals surface area contributed by atoms with Gasteiger partial charge in [0.05, 0.1) is 0 Å². The highest BCUT2D eigenvalue weighted by Crippen LogP contribution is 2.33. The SMILES string of the molecule is [NH]NC(=O)CCC1CC1. The number of amides is 1. The maximum Gasteiger partial charge on any atom is 0.235 e. The van der Waals surface area contributed by atoms with Gasteiger partial charge in [-0.2, -0.15) is 5.84 Å². The molecular formula is C6H11N2O. The molecule has 3 heteroatoms. The first-order valence-corrected chi connectivity index (χ1v) is 3.28. The monoisotopic (exact) mass is 127 g/mol. The molecule has 3 nitrogen and oxygen atoms in total. The zero-order valence-corrected chi connectivity index (χ0v) is 5.31. The predicted molar refractivity (Wildman–Crippen MR) is 33.2 cm³/mol. The predicted octanol–water partition coefficient (Wildman–Crippen LogP) is 0.491. The van der Waals surface area contributed by atoms with Crippen LogP contribution in [0.15, 0.2) is 0 Å². The normalized spacial score (nSPS) is 17.4. The van der Waals surface area contributed by atoms with Crippen LogP contribution in [0.1, 0.15) is 25.7 Å². The van der Waals surface area contributed by atoms with Gasteiger partial charge in [0, 0.05) is 6.42 Å². The van der Waals surface area contributed by atoms with Crippen LogP contribution in [0.5, 0.6) is 0 Å². The van der Waals surface area contributed by atoms with Gasteiger partial charge in [0.15, 0.2) is 0 Å². The van der Waals surface area contributed by atoms with Crippen LogP contribution >= 0.6 is 0 Å². The molecule has 1 aliphatic carbocycles. The molecule has 9 heavy (non-hydrogen) atoms. The van der Waals surface area contributed by atoms with Gasteiger partial charge in [-0.3, -0.25) is 10.2 Å². The molecule has 1 aliphatic rings. The highest BCUT2D eigenvalue weighted by Gasteiger charge is 2.21. The van der Waals surface area contributed by atoms with E-state index in [9.17, 15) is 4.79 Å². The van der Waals surface area contributed by atoms with E-state index in [1.807, 2.05) is 5.43 Å². The molecule has 0 unspecified atom stereocenters. The van der Waals surface area contributed by atoms with Gasteiger partial charge in [0.1, 0.15) is 0 Å². The van der Waals surface area contributed by atoms with E-state index in [1.54, 1.807) is 0 Å². The lowest BCUT2D eigenvalue weighted by atomic mass is 10.2. The van der Waals surface area contributed by atoms with E-state index in [0.29, 0.717) is 6.42 Å². The van der Waals surface area contributed by atoms with Gasteiger partial charge in [-0.05, 0) is 12.3 Å². The molecule has 1 fully saturated rings. The Hall–Kier alpha value is -0.570. The number of hydrogen-bond acceptors (Lipinski definition) is 1. The van der Waals surface area contributed by atoms with Crippen molar-refractivity contribution in [3.05, 3.63) is 0 Å². The molecule has 0 aliphatic heterocycles. The quantitative estimate of drug-likeness (QED) is 0.551. The molecule has 1 radical (unpaired) electrons. The summed E-state index contributed by atoms with van der Waals surface area (Å²) in [5.74, 6) is 7.12. The highest BCUT2D eigenvalue weighted by atomic mass is 16.2. The molecule has 1 amide bonds. The van der Waals surface area contributed by atoms with Gasteiger partial charge in [-0.15, -0.1) is 0 Å². The Labute approximate surface area is 54.6 Å². The van der Waals surface area contributed by atoms with Crippen LogP contribution in [0, 0.1) is 5.92 Å². The Bertz CT molecular complexity index is 110. The molecule has 1 rings (SSSR count). The minimum Gasteiger partial charge on any atom is -0.277 e. The van der Waals surface area contributed by atoms with Crippen molar-refractivity contribution in [2.45, 2.75) is 25.7 Å². The van der Waals surface area contributed by atoms with Crippen molar-refractivity contribution >= 4 is 5.91 Å². The van der Waals surface area contributed by atoms with Gasteiger partial charge in [-0.1, -0.05) is 12.8 Å². The van der Waals surface area contributed by atoms with Crippen molar-refractivity contribution in [2.24, 2.45) is 5.92 Å². The molecule has 51 valence electrons. The lowest BCUT2D eigenvalue weighted by Crippen LogP contribution is -2.20. The summed E-state index contributed by atoms with van der Waals surface area (Å²) < 4.78 is 0. The summed E-state index contributed by atoms with van der Waals surface area (Å²) in [6.07, 6.45) is 4.08. The van der Waals surface area contributed by atoms with E-state index in [1.165, 1.54) is 12.8 Å². The van der Waals surface area contributed by atoms with Crippen LogP contribution in [0.3, 0.4) is 0 Å². The lowest BCUT2D eigenvalue weighted by molar-refractivity contribution is -0.121. The van der Waals surface area contributed by atoms with Crippen molar-refractivity contribution in [3.63, 3.8) is 0 Å². The van der Waals surface area contributed by atoms with E-state index in [2.05, 4.69) is 0 Å². The third-order valence-electron chi connectivity index (χ3n) is 1.62. The molecule has 0 bridgehead atoms. The van der Waals surface area contributed by atoms with Gasteiger partial charge >= 0.3 is 0 Å². The lowest BCUT2D eigenvalue weighted by Gasteiger charge is -1.94. The largest absolute Gasteiger partial charge is 0.277 e. The van der Waals surface area contributed by atoms with Gasteiger partial charge in [0.2, 0.25) is 5.91 Å². The summed E-state index contributed by atoms with van der Waals surface area (Å²) in [7, 11) is 0. The summed E-state index contributed by atoms with van der Waals surface area (Å²) in [5.41, 5.74) is 1.86. The van der Waals surface area contributed by atoms with E-state index in [-0.39, 0.29) is 5.91 Å². The van der Waals surface area contributed by atoms with Crippen LogP contribution in [0.2, 0.25) is 0 Å². The van der Waals surface area contributed by atoms with Crippen molar-refractivity contribution in [2.75, 3.05) is 0 Å². The van der Waals surface area contributed by atoms with Crippen molar-refractivity contribution in [3.8, 4) is 0 Å².